The van der Waals surface area contributed by atoms with Gasteiger partial charge in [0.05, 0.1) is 17.6 Å². The normalized spacial score (nSPS) is 23.1. The molecule has 0 aromatic carbocycles. The first-order chi connectivity index (χ1) is 8.43. The molecule has 0 saturated carbocycles. The molecular weight excluding hydrogens is 254 g/mol. The van der Waals surface area contributed by atoms with E-state index < -0.39 is 0 Å². The molecule has 2 rings (SSSR count). The van der Waals surface area contributed by atoms with Crippen LogP contribution in [0.15, 0.2) is 17.2 Å². The lowest BCUT2D eigenvalue weighted by atomic mass is 10.1. The van der Waals surface area contributed by atoms with E-state index in [0.717, 1.165) is 0 Å². The summed E-state index contributed by atoms with van der Waals surface area (Å²) in [5, 5.41) is 0. The molecule has 2 heterocycles. The molecule has 1 saturated heterocycles. The van der Waals surface area contributed by atoms with Gasteiger partial charge in [-0.05, 0) is 13.8 Å². The average Bonchev–Trinajstić information content (AvgIpc) is 2.30. The summed E-state index contributed by atoms with van der Waals surface area (Å²) in [5.74, 6) is 0.874. The monoisotopic (exact) mass is 271 g/mol. The molecule has 1 aliphatic rings. The summed E-state index contributed by atoms with van der Waals surface area (Å²) in [6, 6.07) is 0. The smallest absolute Gasteiger partial charge is 0.293 e. The molecule has 1 aromatic heterocycles. The van der Waals surface area contributed by atoms with E-state index in [0.29, 0.717) is 24.8 Å². The Bertz CT molecular complexity index is 486. The minimum Gasteiger partial charge on any atom is -0.367 e. The zero-order chi connectivity index (χ0) is 13.3. The Morgan fingerprint density at radius 2 is 2.33 bits per heavy atom. The second kappa shape index (κ2) is 4.90. The second-order valence-electron chi connectivity index (χ2n) is 5.20. The molecule has 5 nitrogen and oxygen atoms in total. The molecule has 0 bridgehead atoms. The van der Waals surface area contributed by atoms with Gasteiger partial charge < -0.3 is 14.2 Å². The molecule has 1 aliphatic heterocycles. The van der Waals surface area contributed by atoms with E-state index in [-0.39, 0.29) is 17.3 Å². The van der Waals surface area contributed by atoms with Gasteiger partial charge in [-0.15, -0.1) is 11.6 Å². The standard InChI is InChI=1S/C12H18ClN3O2/c1-12(2)8-16(7-9(6-13)18-12)10-11(17)15(3)5-4-14-10/h4-5,9H,6-8H2,1-3H3. The SMILES string of the molecule is Cn1ccnc(N2CC(CCl)OC(C)(C)C2)c1=O. The molecule has 18 heavy (non-hydrogen) atoms. The van der Waals surface area contributed by atoms with Crippen molar-refractivity contribution >= 4 is 17.4 Å². The number of ether oxygens (including phenoxy) is 1. The summed E-state index contributed by atoms with van der Waals surface area (Å²) < 4.78 is 7.36. The van der Waals surface area contributed by atoms with Gasteiger partial charge in [0.2, 0.25) is 0 Å². The molecule has 1 atom stereocenters. The molecule has 0 N–H and O–H groups in total. The number of hydrogen-bond donors (Lipinski definition) is 0. The van der Waals surface area contributed by atoms with E-state index in [9.17, 15) is 4.79 Å². The first-order valence-corrected chi connectivity index (χ1v) is 6.47. The van der Waals surface area contributed by atoms with E-state index in [1.807, 2.05) is 18.7 Å². The van der Waals surface area contributed by atoms with Crippen molar-refractivity contribution in [2.45, 2.75) is 25.6 Å². The highest BCUT2D eigenvalue weighted by molar-refractivity contribution is 6.18. The van der Waals surface area contributed by atoms with Crippen LogP contribution in [0.3, 0.4) is 0 Å². The zero-order valence-electron chi connectivity index (χ0n) is 10.9. The molecule has 0 spiro atoms. The van der Waals surface area contributed by atoms with E-state index in [1.165, 1.54) is 4.57 Å². The first kappa shape index (κ1) is 13.4. The highest BCUT2D eigenvalue weighted by atomic mass is 35.5. The lowest BCUT2D eigenvalue weighted by Gasteiger charge is -2.42. The summed E-state index contributed by atoms with van der Waals surface area (Å²) >= 11 is 5.88. The number of anilines is 1. The molecule has 1 unspecified atom stereocenters. The minimum atomic E-state index is -0.333. The summed E-state index contributed by atoms with van der Waals surface area (Å²) in [5.41, 5.74) is -0.427. The Balaban J connectivity index is 2.32. The van der Waals surface area contributed by atoms with E-state index in [1.54, 1.807) is 19.4 Å². The molecule has 1 aromatic rings. The van der Waals surface area contributed by atoms with Crippen molar-refractivity contribution in [3.63, 3.8) is 0 Å². The van der Waals surface area contributed by atoms with Gasteiger partial charge in [0.1, 0.15) is 0 Å². The average molecular weight is 272 g/mol. The van der Waals surface area contributed by atoms with Gasteiger partial charge in [-0.2, -0.15) is 0 Å². The summed E-state index contributed by atoms with van der Waals surface area (Å²) in [6.07, 6.45) is 3.20. The van der Waals surface area contributed by atoms with Crippen LogP contribution in [-0.4, -0.2) is 40.2 Å². The van der Waals surface area contributed by atoms with Gasteiger partial charge in [-0.25, -0.2) is 4.98 Å². The van der Waals surface area contributed by atoms with Crippen LogP contribution in [0, 0.1) is 0 Å². The number of hydrogen-bond acceptors (Lipinski definition) is 4. The minimum absolute atomic E-state index is 0.0814. The van der Waals surface area contributed by atoms with Crippen molar-refractivity contribution in [3.8, 4) is 0 Å². The fourth-order valence-corrected chi connectivity index (χ4v) is 2.40. The van der Waals surface area contributed by atoms with Gasteiger partial charge in [-0.3, -0.25) is 4.79 Å². The number of aryl methyl sites for hydroxylation is 1. The summed E-state index contributed by atoms with van der Waals surface area (Å²) in [7, 11) is 1.72. The predicted molar refractivity (Wildman–Crippen MR) is 71.4 cm³/mol. The quantitative estimate of drug-likeness (QED) is 0.753. The maximum atomic E-state index is 12.1. The number of alkyl halides is 1. The van der Waals surface area contributed by atoms with Gasteiger partial charge >= 0.3 is 0 Å². The highest BCUT2D eigenvalue weighted by Gasteiger charge is 2.34. The number of aromatic nitrogens is 2. The Labute approximate surface area is 111 Å². The predicted octanol–water partition coefficient (Wildman–Crippen LogP) is 1.00. The van der Waals surface area contributed by atoms with E-state index in [2.05, 4.69) is 4.98 Å². The number of rotatable bonds is 2. The summed E-state index contributed by atoms with van der Waals surface area (Å²) in [6.45, 7) is 5.21. The van der Waals surface area contributed by atoms with Crippen LogP contribution < -0.4 is 10.5 Å². The van der Waals surface area contributed by atoms with Crippen molar-refractivity contribution in [2.24, 2.45) is 7.05 Å². The fourth-order valence-electron chi connectivity index (χ4n) is 2.24. The second-order valence-corrected chi connectivity index (χ2v) is 5.51. The van der Waals surface area contributed by atoms with Crippen molar-refractivity contribution in [1.82, 2.24) is 9.55 Å². The highest BCUT2D eigenvalue weighted by Crippen LogP contribution is 2.23. The summed E-state index contributed by atoms with van der Waals surface area (Å²) in [4.78, 5) is 18.2. The van der Waals surface area contributed by atoms with Crippen LogP contribution in [0.2, 0.25) is 0 Å². The van der Waals surface area contributed by atoms with Crippen LogP contribution in [0.4, 0.5) is 5.82 Å². The number of morpholine rings is 1. The lowest BCUT2D eigenvalue weighted by molar-refractivity contribution is -0.0737. The van der Waals surface area contributed by atoms with Crippen LogP contribution in [-0.2, 0) is 11.8 Å². The third-order valence-corrected chi connectivity index (χ3v) is 3.30. The van der Waals surface area contributed by atoms with Crippen LogP contribution in [0.5, 0.6) is 0 Å². The van der Waals surface area contributed by atoms with Crippen molar-refractivity contribution in [2.75, 3.05) is 23.9 Å². The molecule has 1 fully saturated rings. The zero-order valence-corrected chi connectivity index (χ0v) is 11.6. The molecule has 0 amide bonds. The maximum absolute atomic E-state index is 12.1. The van der Waals surface area contributed by atoms with Gasteiger partial charge in [-0.1, -0.05) is 0 Å². The molecule has 100 valence electrons. The van der Waals surface area contributed by atoms with Crippen molar-refractivity contribution in [1.29, 1.82) is 0 Å². The molecule has 0 aliphatic carbocycles. The number of halogens is 1. The Morgan fingerprint density at radius 3 is 3.00 bits per heavy atom. The third kappa shape index (κ3) is 2.67. The Kier molecular flexibility index (Phi) is 3.64. The third-order valence-electron chi connectivity index (χ3n) is 2.95. The maximum Gasteiger partial charge on any atom is 0.293 e. The Morgan fingerprint density at radius 1 is 1.61 bits per heavy atom. The lowest BCUT2D eigenvalue weighted by Crippen LogP contribution is -2.55. The van der Waals surface area contributed by atoms with E-state index in [4.69, 9.17) is 16.3 Å². The fraction of sp³-hybridized carbons (Fsp3) is 0.667. The van der Waals surface area contributed by atoms with Crippen LogP contribution in [0.1, 0.15) is 13.8 Å². The van der Waals surface area contributed by atoms with Gasteiger partial charge in [0.15, 0.2) is 5.82 Å². The van der Waals surface area contributed by atoms with Gasteiger partial charge in [0.25, 0.3) is 5.56 Å². The Hall–Kier alpha value is -1.07. The van der Waals surface area contributed by atoms with Crippen LogP contribution in [0.25, 0.3) is 0 Å². The topological polar surface area (TPSA) is 47.4 Å². The molecule has 6 heteroatoms. The van der Waals surface area contributed by atoms with Crippen molar-refractivity contribution < 1.29 is 4.74 Å². The van der Waals surface area contributed by atoms with Crippen molar-refractivity contribution in [3.05, 3.63) is 22.7 Å². The molecule has 0 radical (unpaired) electrons. The van der Waals surface area contributed by atoms with Crippen LogP contribution >= 0.6 is 11.6 Å². The molecular formula is C12H18ClN3O2. The largest absolute Gasteiger partial charge is 0.367 e. The van der Waals surface area contributed by atoms with E-state index >= 15 is 0 Å². The van der Waals surface area contributed by atoms with Gasteiger partial charge in [0, 0.05) is 32.5 Å². The number of nitrogens with zero attached hydrogens (tertiary/aromatic N) is 3. The first-order valence-electron chi connectivity index (χ1n) is 5.93.